The molecule has 0 aromatic carbocycles. The Balaban J connectivity index is 2.54. The van der Waals surface area contributed by atoms with Gasteiger partial charge in [-0.05, 0) is 52.9 Å². The van der Waals surface area contributed by atoms with Crippen LogP contribution in [-0.2, 0) is 10.0 Å². The largest absolute Gasteiger partial charge is 0.389 e. The van der Waals surface area contributed by atoms with Crippen molar-refractivity contribution in [1.29, 1.82) is 0 Å². The van der Waals surface area contributed by atoms with E-state index in [0.29, 0.717) is 26.1 Å². The minimum Gasteiger partial charge on any atom is -0.389 e. The second-order valence-electron chi connectivity index (χ2n) is 7.43. The molecule has 0 radical (unpaired) electrons. The Hall–Kier alpha value is -0.170. The first-order valence-corrected chi connectivity index (χ1v) is 9.16. The van der Waals surface area contributed by atoms with Gasteiger partial charge in [0.1, 0.15) is 0 Å². The van der Waals surface area contributed by atoms with Crippen molar-refractivity contribution < 1.29 is 13.5 Å². The van der Waals surface area contributed by atoms with Crippen molar-refractivity contribution in [3.8, 4) is 0 Å². The van der Waals surface area contributed by atoms with Gasteiger partial charge in [-0.15, -0.1) is 0 Å². The van der Waals surface area contributed by atoms with Crippen LogP contribution in [0.3, 0.4) is 0 Å². The highest BCUT2D eigenvalue weighted by Gasteiger charge is 2.32. The molecule has 2 unspecified atom stereocenters. The summed E-state index contributed by atoms with van der Waals surface area (Å²) in [7, 11) is -3.11. The fraction of sp³-hybridized carbons (Fsp3) is 1.00. The number of hydrogen-bond acceptors (Lipinski definition) is 4. The molecule has 1 fully saturated rings. The molecule has 0 saturated carbocycles. The summed E-state index contributed by atoms with van der Waals surface area (Å²) in [6.45, 7) is 9.68. The summed E-state index contributed by atoms with van der Waals surface area (Å²) < 4.78 is 24.7. The van der Waals surface area contributed by atoms with Gasteiger partial charge in [0.2, 0.25) is 10.0 Å². The van der Waals surface area contributed by atoms with Gasteiger partial charge in [0.15, 0.2) is 0 Å². The van der Waals surface area contributed by atoms with Crippen molar-refractivity contribution in [2.75, 3.05) is 25.9 Å². The van der Waals surface area contributed by atoms with Crippen LogP contribution in [-0.4, -0.2) is 54.9 Å². The van der Waals surface area contributed by atoms with Crippen LogP contribution in [0, 0.1) is 5.92 Å². The highest BCUT2D eigenvalue weighted by atomic mass is 32.2. The maximum atomic E-state index is 11.6. The van der Waals surface area contributed by atoms with Gasteiger partial charge >= 0.3 is 0 Å². The van der Waals surface area contributed by atoms with Crippen LogP contribution >= 0.6 is 0 Å². The van der Waals surface area contributed by atoms with E-state index in [4.69, 9.17) is 0 Å². The van der Waals surface area contributed by atoms with Crippen molar-refractivity contribution in [1.82, 2.24) is 9.62 Å². The van der Waals surface area contributed by atoms with Gasteiger partial charge in [-0.3, -0.25) is 0 Å². The predicted molar refractivity (Wildman–Crippen MR) is 82.1 cm³/mol. The van der Waals surface area contributed by atoms with E-state index in [1.54, 1.807) is 0 Å². The fourth-order valence-corrected chi connectivity index (χ4v) is 3.59. The molecular formula is C14H30N2O3S. The lowest BCUT2D eigenvalue weighted by Gasteiger charge is -2.36. The molecule has 1 saturated heterocycles. The van der Waals surface area contributed by atoms with E-state index in [2.05, 4.69) is 26.1 Å². The number of aliphatic hydroxyl groups is 1. The summed E-state index contributed by atoms with van der Waals surface area (Å²) >= 11 is 0. The fourth-order valence-electron chi connectivity index (χ4n) is 2.64. The molecule has 1 aliphatic rings. The van der Waals surface area contributed by atoms with Gasteiger partial charge in [0.25, 0.3) is 0 Å². The Morgan fingerprint density at radius 2 is 1.90 bits per heavy atom. The summed E-state index contributed by atoms with van der Waals surface area (Å²) in [5, 5.41) is 13.8. The number of sulfonamides is 1. The SMILES string of the molecule is CC(O)(CNC(C)(C)C)CC1CCCN(S(C)(=O)=O)C1. The lowest BCUT2D eigenvalue weighted by molar-refractivity contribution is 0.0202. The summed E-state index contributed by atoms with van der Waals surface area (Å²) in [6, 6.07) is 0. The first-order chi connectivity index (χ1) is 8.89. The maximum absolute atomic E-state index is 11.6. The molecule has 0 bridgehead atoms. The van der Waals surface area contributed by atoms with Crippen molar-refractivity contribution >= 4 is 10.0 Å². The van der Waals surface area contributed by atoms with Crippen LogP contribution in [0.5, 0.6) is 0 Å². The van der Waals surface area contributed by atoms with Gasteiger partial charge in [-0.25, -0.2) is 12.7 Å². The zero-order valence-corrected chi connectivity index (χ0v) is 14.3. The molecule has 2 atom stereocenters. The average molecular weight is 306 g/mol. The first-order valence-electron chi connectivity index (χ1n) is 7.32. The van der Waals surface area contributed by atoms with Crippen LogP contribution in [0.1, 0.15) is 47.0 Å². The van der Waals surface area contributed by atoms with E-state index >= 15 is 0 Å². The number of β-amino-alcohol motifs (C(OH)–C–C–N with tert-alkyl or cyclic N) is 1. The Bertz CT molecular complexity index is 413. The van der Waals surface area contributed by atoms with Gasteiger partial charge in [-0.1, -0.05) is 0 Å². The molecule has 2 N–H and O–H groups in total. The molecule has 5 nitrogen and oxygen atoms in total. The monoisotopic (exact) mass is 306 g/mol. The summed E-state index contributed by atoms with van der Waals surface area (Å²) in [5.74, 6) is 0.232. The molecular weight excluding hydrogens is 276 g/mol. The van der Waals surface area contributed by atoms with Gasteiger partial charge in [0.05, 0.1) is 11.9 Å². The average Bonchev–Trinajstić information content (AvgIpc) is 2.24. The van der Waals surface area contributed by atoms with Crippen LogP contribution < -0.4 is 5.32 Å². The molecule has 1 aliphatic heterocycles. The molecule has 20 heavy (non-hydrogen) atoms. The quantitative estimate of drug-likeness (QED) is 0.800. The predicted octanol–water partition coefficient (Wildman–Crippen LogP) is 1.19. The molecule has 0 aromatic rings. The maximum Gasteiger partial charge on any atom is 0.211 e. The molecule has 0 aliphatic carbocycles. The van der Waals surface area contributed by atoms with Crippen molar-refractivity contribution in [3.05, 3.63) is 0 Å². The Labute approximate surface area is 123 Å². The second kappa shape index (κ2) is 6.30. The number of rotatable bonds is 5. The second-order valence-corrected chi connectivity index (χ2v) is 9.42. The lowest BCUT2D eigenvalue weighted by atomic mass is 9.86. The third-order valence-corrected chi connectivity index (χ3v) is 4.95. The lowest BCUT2D eigenvalue weighted by Crippen LogP contribution is -2.48. The van der Waals surface area contributed by atoms with Crippen molar-refractivity contribution in [3.63, 3.8) is 0 Å². The molecule has 6 heteroatoms. The third kappa shape index (κ3) is 6.52. The number of piperidine rings is 1. The molecule has 0 aromatic heterocycles. The number of nitrogens with one attached hydrogen (secondary N) is 1. The molecule has 0 spiro atoms. The van der Waals surface area contributed by atoms with Crippen LogP contribution in [0.2, 0.25) is 0 Å². The van der Waals surface area contributed by atoms with E-state index in [0.717, 1.165) is 12.8 Å². The van der Waals surface area contributed by atoms with Crippen LogP contribution in [0.15, 0.2) is 0 Å². The highest BCUT2D eigenvalue weighted by molar-refractivity contribution is 7.88. The minimum atomic E-state index is -3.11. The Kier molecular flexibility index (Phi) is 5.63. The molecule has 1 rings (SSSR count). The smallest absolute Gasteiger partial charge is 0.211 e. The first kappa shape index (κ1) is 17.9. The highest BCUT2D eigenvalue weighted by Crippen LogP contribution is 2.26. The zero-order valence-electron chi connectivity index (χ0n) is 13.4. The third-order valence-electron chi connectivity index (χ3n) is 3.68. The van der Waals surface area contributed by atoms with Crippen LogP contribution in [0.25, 0.3) is 0 Å². The van der Waals surface area contributed by atoms with Gasteiger partial charge in [0, 0.05) is 25.2 Å². The zero-order chi connectivity index (χ0) is 15.6. The number of hydrogen-bond donors (Lipinski definition) is 2. The Morgan fingerprint density at radius 3 is 2.40 bits per heavy atom. The van der Waals surface area contributed by atoms with Crippen LogP contribution in [0.4, 0.5) is 0 Å². The summed E-state index contributed by atoms with van der Waals surface area (Å²) in [6.07, 6.45) is 3.75. The molecule has 120 valence electrons. The van der Waals surface area contributed by atoms with E-state index in [9.17, 15) is 13.5 Å². The summed E-state index contributed by atoms with van der Waals surface area (Å²) in [5.41, 5.74) is -0.839. The van der Waals surface area contributed by atoms with Crippen molar-refractivity contribution in [2.24, 2.45) is 5.92 Å². The van der Waals surface area contributed by atoms with E-state index in [1.165, 1.54) is 10.6 Å². The van der Waals surface area contributed by atoms with Crippen molar-refractivity contribution in [2.45, 2.75) is 58.1 Å². The molecule has 1 heterocycles. The van der Waals surface area contributed by atoms with E-state index in [1.807, 2.05) is 6.92 Å². The Morgan fingerprint density at radius 1 is 1.30 bits per heavy atom. The standard InChI is InChI=1S/C14H30N2O3S/c1-13(2,3)15-11-14(4,17)9-12-7-6-8-16(10-12)20(5,18)19/h12,15,17H,6-11H2,1-5H3. The topological polar surface area (TPSA) is 69.6 Å². The number of nitrogens with zero attached hydrogens (tertiary/aromatic N) is 1. The van der Waals surface area contributed by atoms with Gasteiger partial charge in [-0.2, -0.15) is 0 Å². The van der Waals surface area contributed by atoms with Gasteiger partial charge < -0.3 is 10.4 Å². The normalized spacial score (nSPS) is 25.4. The van der Waals surface area contributed by atoms with E-state index in [-0.39, 0.29) is 11.5 Å². The summed E-state index contributed by atoms with van der Waals surface area (Å²) in [4.78, 5) is 0. The van der Waals surface area contributed by atoms with E-state index < -0.39 is 15.6 Å². The molecule has 0 amide bonds. The minimum absolute atomic E-state index is 0.0324.